The van der Waals surface area contributed by atoms with Gasteiger partial charge in [-0.05, 0) is 49.6 Å². The van der Waals surface area contributed by atoms with E-state index in [1.54, 1.807) is 24.4 Å². The molecule has 1 aliphatic heterocycles. The van der Waals surface area contributed by atoms with Gasteiger partial charge in [0.1, 0.15) is 11.9 Å². The maximum Gasteiger partial charge on any atom is 0.223 e. The van der Waals surface area contributed by atoms with Gasteiger partial charge in [-0.15, -0.1) is 0 Å². The number of rotatable bonds is 4. The topological polar surface area (TPSA) is 69.0 Å². The predicted molar refractivity (Wildman–Crippen MR) is 107 cm³/mol. The predicted octanol–water partition coefficient (Wildman–Crippen LogP) is 4.35. The van der Waals surface area contributed by atoms with Crippen molar-refractivity contribution >= 4 is 34.9 Å². The highest BCUT2D eigenvalue weighted by Crippen LogP contribution is 2.27. The van der Waals surface area contributed by atoms with Crippen LogP contribution in [0.3, 0.4) is 0 Å². The number of hydrogen-bond acceptors (Lipinski definition) is 4. The zero-order chi connectivity index (χ0) is 19.4. The van der Waals surface area contributed by atoms with Crippen molar-refractivity contribution in [3.05, 3.63) is 57.7 Å². The third-order valence-electron chi connectivity index (χ3n) is 4.85. The summed E-state index contributed by atoms with van der Waals surface area (Å²) in [5.41, 5.74) is 1.40. The first-order valence-electron chi connectivity index (χ1n) is 8.84. The Morgan fingerprint density at radius 1 is 1.30 bits per heavy atom. The number of hydrogen-bond donors (Lipinski definition) is 1. The number of nitrogens with zero attached hydrogens (tertiary/aromatic N) is 3. The van der Waals surface area contributed by atoms with E-state index in [0.29, 0.717) is 15.6 Å². The summed E-state index contributed by atoms with van der Waals surface area (Å²) >= 11 is 12.2. The van der Waals surface area contributed by atoms with E-state index in [1.807, 2.05) is 19.1 Å². The summed E-state index contributed by atoms with van der Waals surface area (Å²) in [5.74, 6) is 0.850. The quantitative estimate of drug-likeness (QED) is 0.824. The molecule has 0 unspecified atom stereocenters. The number of nitriles is 1. The maximum atomic E-state index is 12.6. The van der Waals surface area contributed by atoms with Crippen molar-refractivity contribution < 1.29 is 4.79 Å². The van der Waals surface area contributed by atoms with Crippen LogP contribution in [0.15, 0.2) is 36.5 Å². The number of carbonyl (C=O) groups excluding carboxylic acids is 1. The fourth-order valence-electron chi connectivity index (χ4n) is 3.27. The highest BCUT2D eigenvalue weighted by Gasteiger charge is 2.27. The number of nitrogens with one attached hydrogen (secondary N) is 1. The van der Waals surface area contributed by atoms with Crippen molar-refractivity contribution in [1.29, 1.82) is 5.26 Å². The Morgan fingerprint density at radius 2 is 2.04 bits per heavy atom. The molecule has 1 fully saturated rings. The maximum absolute atomic E-state index is 12.6. The lowest BCUT2D eigenvalue weighted by molar-refractivity contribution is -0.126. The van der Waals surface area contributed by atoms with E-state index in [-0.39, 0.29) is 17.9 Å². The van der Waals surface area contributed by atoms with Crippen LogP contribution in [0.1, 0.15) is 36.9 Å². The van der Waals surface area contributed by atoms with Crippen molar-refractivity contribution in [2.45, 2.75) is 25.8 Å². The largest absolute Gasteiger partial charge is 0.357 e. The van der Waals surface area contributed by atoms with E-state index < -0.39 is 0 Å². The molecule has 7 heteroatoms. The van der Waals surface area contributed by atoms with Gasteiger partial charge < -0.3 is 10.2 Å². The molecular formula is C20H20Cl2N4O. The molecule has 2 aromatic rings. The molecule has 3 rings (SSSR count). The number of pyridine rings is 1. The van der Waals surface area contributed by atoms with Crippen LogP contribution in [0, 0.1) is 17.2 Å². The van der Waals surface area contributed by atoms with Crippen molar-refractivity contribution in [2.75, 3.05) is 18.0 Å². The van der Waals surface area contributed by atoms with Crippen LogP contribution in [0.2, 0.25) is 10.0 Å². The normalized spacial score (nSPS) is 15.9. The lowest BCUT2D eigenvalue weighted by atomic mass is 9.95. The Morgan fingerprint density at radius 3 is 2.63 bits per heavy atom. The molecule has 1 aromatic heterocycles. The van der Waals surface area contributed by atoms with E-state index in [1.165, 1.54) is 0 Å². The summed E-state index contributed by atoms with van der Waals surface area (Å²) in [6, 6.07) is 10.8. The lowest BCUT2D eigenvalue weighted by Gasteiger charge is -2.32. The molecule has 0 spiro atoms. The Hall–Kier alpha value is -2.29. The van der Waals surface area contributed by atoms with Gasteiger partial charge in [-0.1, -0.05) is 29.3 Å². The molecule has 0 bridgehead atoms. The van der Waals surface area contributed by atoms with Gasteiger partial charge >= 0.3 is 0 Å². The van der Waals surface area contributed by atoms with Gasteiger partial charge in [0, 0.05) is 35.2 Å². The molecule has 1 N–H and O–H groups in total. The van der Waals surface area contributed by atoms with Gasteiger partial charge in [0.2, 0.25) is 5.91 Å². The lowest BCUT2D eigenvalue weighted by Crippen LogP contribution is -2.41. The first-order chi connectivity index (χ1) is 13.0. The molecule has 5 nitrogen and oxygen atoms in total. The smallest absolute Gasteiger partial charge is 0.223 e. The zero-order valence-corrected chi connectivity index (χ0v) is 16.5. The number of piperidine rings is 1. The third-order valence-corrected chi connectivity index (χ3v) is 5.42. The molecule has 2 heterocycles. The minimum absolute atomic E-state index is 0.0341. The van der Waals surface area contributed by atoms with E-state index in [9.17, 15) is 4.79 Å². The molecular weight excluding hydrogens is 383 g/mol. The van der Waals surface area contributed by atoms with Crippen LogP contribution in [-0.2, 0) is 4.79 Å². The van der Waals surface area contributed by atoms with Gasteiger partial charge in [0.05, 0.1) is 11.6 Å². The van der Waals surface area contributed by atoms with E-state index >= 15 is 0 Å². The first kappa shape index (κ1) is 19.5. The number of aromatic nitrogens is 1. The van der Waals surface area contributed by atoms with Crippen LogP contribution in [-0.4, -0.2) is 24.0 Å². The van der Waals surface area contributed by atoms with Gasteiger partial charge in [-0.2, -0.15) is 5.26 Å². The van der Waals surface area contributed by atoms with Gasteiger partial charge in [0.25, 0.3) is 0 Å². The molecule has 1 atom stereocenters. The second kappa shape index (κ2) is 8.60. The minimum Gasteiger partial charge on any atom is -0.357 e. The summed E-state index contributed by atoms with van der Waals surface area (Å²) in [4.78, 5) is 19.1. The van der Waals surface area contributed by atoms with Crippen LogP contribution in [0.4, 0.5) is 5.82 Å². The van der Waals surface area contributed by atoms with Crippen molar-refractivity contribution in [2.24, 2.45) is 5.92 Å². The van der Waals surface area contributed by atoms with Crippen molar-refractivity contribution in [3.8, 4) is 6.07 Å². The summed E-state index contributed by atoms with van der Waals surface area (Å²) in [6.45, 7) is 3.43. The molecule has 1 aromatic carbocycles. The Balaban J connectivity index is 1.55. The van der Waals surface area contributed by atoms with Gasteiger partial charge in [0.15, 0.2) is 0 Å². The van der Waals surface area contributed by atoms with Crippen LogP contribution >= 0.6 is 23.2 Å². The first-order valence-corrected chi connectivity index (χ1v) is 9.60. The van der Waals surface area contributed by atoms with Crippen LogP contribution in [0.5, 0.6) is 0 Å². The summed E-state index contributed by atoms with van der Waals surface area (Å²) in [7, 11) is 0. The number of benzene rings is 1. The fraction of sp³-hybridized carbons (Fsp3) is 0.350. The molecule has 140 valence electrons. The van der Waals surface area contributed by atoms with Gasteiger partial charge in [-0.3, -0.25) is 4.79 Å². The average molecular weight is 403 g/mol. The van der Waals surface area contributed by atoms with Crippen LogP contribution < -0.4 is 10.2 Å². The number of halogens is 2. The molecule has 0 aliphatic carbocycles. The minimum atomic E-state index is -0.180. The fourth-order valence-corrected chi connectivity index (χ4v) is 3.84. The Kier molecular flexibility index (Phi) is 6.20. The van der Waals surface area contributed by atoms with Crippen molar-refractivity contribution in [1.82, 2.24) is 10.3 Å². The Labute approximate surface area is 168 Å². The van der Waals surface area contributed by atoms with Gasteiger partial charge in [-0.25, -0.2) is 4.98 Å². The third kappa shape index (κ3) is 4.71. The summed E-state index contributed by atoms with van der Waals surface area (Å²) in [5, 5.41) is 13.0. The van der Waals surface area contributed by atoms with E-state index in [0.717, 1.165) is 37.3 Å². The van der Waals surface area contributed by atoms with E-state index in [4.69, 9.17) is 28.5 Å². The van der Waals surface area contributed by atoms with Crippen LogP contribution in [0.25, 0.3) is 0 Å². The number of amides is 1. The molecule has 27 heavy (non-hydrogen) atoms. The summed E-state index contributed by atoms with van der Waals surface area (Å²) in [6.07, 6.45) is 3.09. The average Bonchev–Trinajstić information content (AvgIpc) is 2.68. The SMILES string of the molecule is C[C@H](NC(=O)C1CCN(c2ccc(C#N)cn2)CC1)c1ccc(Cl)cc1Cl. The van der Waals surface area contributed by atoms with Crippen molar-refractivity contribution in [3.63, 3.8) is 0 Å². The number of carbonyl (C=O) groups is 1. The van der Waals surface area contributed by atoms with E-state index in [2.05, 4.69) is 21.3 Å². The second-order valence-corrected chi connectivity index (χ2v) is 7.52. The molecule has 0 saturated carbocycles. The Bertz CT molecular complexity index is 855. The summed E-state index contributed by atoms with van der Waals surface area (Å²) < 4.78 is 0. The number of anilines is 1. The second-order valence-electron chi connectivity index (χ2n) is 6.67. The monoisotopic (exact) mass is 402 g/mol. The highest BCUT2D eigenvalue weighted by molar-refractivity contribution is 6.35. The molecule has 1 saturated heterocycles. The highest BCUT2D eigenvalue weighted by atomic mass is 35.5. The molecule has 1 amide bonds. The standard InChI is InChI=1S/C20H20Cl2N4O/c1-13(17-4-3-16(21)10-18(17)22)25-20(27)15-6-8-26(9-7-15)19-5-2-14(11-23)12-24-19/h2-5,10,12-13,15H,6-9H2,1H3,(H,25,27)/t13-/m0/s1. The molecule has 0 radical (unpaired) electrons. The zero-order valence-electron chi connectivity index (χ0n) is 15.0. The molecule has 1 aliphatic rings.